The summed E-state index contributed by atoms with van der Waals surface area (Å²) in [7, 11) is 0. The van der Waals surface area contributed by atoms with Gasteiger partial charge in [0.2, 0.25) is 5.91 Å². The zero-order valence-electron chi connectivity index (χ0n) is 17.7. The summed E-state index contributed by atoms with van der Waals surface area (Å²) in [5.74, 6) is -5.75. The molecule has 0 bridgehead atoms. The van der Waals surface area contributed by atoms with Gasteiger partial charge in [0, 0.05) is 31.2 Å². The first-order valence-electron chi connectivity index (χ1n) is 10.7. The summed E-state index contributed by atoms with van der Waals surface area (Å²) in [6, 6.07) is 14.4. The van der Waals surface area contributed by atoms with E-state index >= 15 is 0 Å². The number of halogens is 2. The maximum atomic E-state index is 13.1. The Kier molecular flexibility index (Phi) is 6.31. The maximum absolute atomic E-state index is 13.1. The van der Waals surface area contributed by atoms with Gasteiger partial charge in [-0.05, 0) is 28.7 Å². The molecule has 174 valence electrons. The molecule has 0 radical (unpaired) electrons. The minimum Gasteiger partial charge on any atom is -0.481 e. The van der Waals surface area contributed by atoms with Crippen molar-refractivity contribution in [3.8, 4) is 11.1 Å². The molecule has 2 unspecified atom stereocenters. The third-order valence-electron chi connectivity index (χ3n) is 6.08. The number of fused-ring (bicyclic) bond motifs is 3. The van der Waals surface area contributed by atoms with E-state index in [1.807, 2.05) is 48.5 Å². The van der Waals surface area contributed by atoms with Crippen molar-refractivity contribution in [2.75, 3.05) is 13.2 Å². The fourth-order valence-corrected chi connectivity index (χ4v) is 4.16. The molecule has 2 aromatic rings. The van der Waals surface area contributed by atoms with Crippen LogP contribution in [0.25, 0.3) is 11.1 Å². The average Bonchev–Trinajstić information content (AvgIpc) is 3.28. The van der Waals surface area contributed by atoms with Crippen LogP contribution in [0, 0.1) is 5.92 Å². The van der Waals surface area contributed by atoms with Crippen LogP contribution < -0.4 is 10.6 Å². The minimum atomic E-state index is -2.79. The Labute approximate surface area is 189 Å². The normalized spacial score (nSPS) is 18.5. The van der Waals surface area contributed by atoms with Crippen molar-refractivity contribution in [3.63, 3.8) is 0 Å². The first kappa shape index (κ1) is 22.7. The number of rotatable bonds is 9. The molecule has 0 heterocycles. The molecule has 33 heavy (non-hydrogen) atoms. The average molecular weight is 458 g/mol. The highest BCUT2D eigenvalue weighted by Gasteiger charge is 2.56. The lowest BCUT2D eigenvalue weighted by atomic mass is 9.98. The highest BCUT2D eigenvalue weighted by molar-refractivity contribution is 5.86. The van der Waals surface area contributed by atoms with Gasteiger partial charge in [0.25, 0.3) is 5.92 Å². The molecule has 9 heteroatoms. The Morgan fingerprint density at radius 2 is 1.64 bits per heavy atom. The molecule has 2 atom stereocenters. The summed E-state index contributed by atoms with van der Waals surface area (Å²) in [5, 5.41) is 13.7. The van der Waals surface area contributed by atoms with Crippen molar-refractivity contribution in [2.45, 2.75) is 37.1 Å². The zero-order chi connectivity index (χ0) is 23.6. The van der Waals surface area contributed by atoms with Crippen LogP contribution in [0.3, 0.4) is 0 Å². The summed E-state index contributed by atoms with van der Waals surface area (Å²) in [6.45, 7) is -0.205. The van der Waals surface area contributed by atoms with E-state index in [9.17, 15) is 23.2 Å². The number of amides is 2. The summed E-state index contributed by atoms with van der Waals surface area (Å²) >= 11 is 0. The Balaban J connectivity index is 1.37. The van der Waals surface area contributed by atoms with Gasteiger partial charge in [-0.25, -0.2) is 13.6 Å². The molecule has 3 N–H and O–H groups in total. The summed E-state index contributed by atoms with van der Waals surface area (Å²) in [6.07, 6.45) is -1.74. The Hall–Kier alpha value is -3.49. The minimum absolute atomic E-state index is 0.0292. The first-order valence-corrected chi connectivity index (χ1v) is 10.7. The quantitative estimate of drug-likeness (QED) is 0.533. The van der Waals surface area contributed by atoms with E-state index in [4.69, 9.17) is 9.84 Å². The monoisotopic (exact) mass is 458 g/mol. The molecule has 4 rings (SSSR count). The van der Waals surface area contributed by atoms with Gasteiger partial charge in [-0.2, -0.15) is 0 Å². The highest BCUT2D eigenvalue weighted by Crippen LogP contribution is 2.48. The lowest BCUT2D eigenvalue weighted by Crippen LogP contribution is -2.48. The number of carbonyl (C=O) groups is 3. The summed E-state index contributed by atoms with van der Waals surface area (Å²) < 4.78 is 31.5. The molecule has 0 saturated heterocycles. The van der Waals surface area contributed by atoms with Crippen molar-refractivity contribution in [1.29, 1.82) is 0 Å². The molecule has 2 aromatic carbocycles. The van der Waals surface area contributed by atoms with Gasteiger partial charge in [0.05, 0.1) is 0 Å². The van der Waals surface area contributed by atoms with Gasteiger partial charge < -0.3 is 20.5 Å². The number of alkyl halides is 2. The maximum Gasteiger partial charge on any atom is 0.407 e. The largest absolute Gasteiger partial charge is 0.481 e. The van der Waals surface area contributed by atoms with Crippen molar-refractivity contribution >= 4 is 18.0 Å². The summed E-state index contributed by atoms with van der Waals surface area (Å²) in [4.78, 5) is 35.8. The Morgan fingerprint density at radius 1 is 1.06 bits per heavy atom. The van der Waals surface area contributed by atoms with Crippen LogP contribution in [-0.4, -0.2) is 48.2 Å². The van der Waals surface area contributed by atoms with Crippen LogP contribution in [0.15, 0.2) is 48.5 Å². The third kappa shape index (κ3) is 5.13. The molecular formula is C24H24F2N2O5. The molecule has 0 aromatic heterocycles. The van der Waals surface area contributed by atoms with E-state index < -0.39 is 35.9 Å². The van der Waals surface area contributed by atoms with Crippen LogP contribution in [-0.2, 0) is 14.3 Å². The standard InChI is InChI=1S/C24H24F2N2O5/c25-24(26)11-14(24)12-27-22(31)20(9-10-21(29)30)28-23(32)33-13-19-17-7-3-1-5-15(17)16-6-2-4-8-18(16)19/h1-8,14,19-20H,9-13H2,(H,27,31)(H,28,32)(H,29,30). The van der Waals surface area contributed by atoms with Crippen molar-refractivity contribution in [2.24, 2.45) is 5.92 Å². The van der Waals surface area contributed by atoms with E-state index in [0.717, 1.165) is 22.3 Å². The van der Waals surface area contributed by atoms with Crippen molar-refractivity contribution in [1.82, 2.24) is 10.6 Å². The van der Waals surface area contributed by atoms with Gasteiger partial charge in [0.15, 0.2) is 0 Å². The smallest absolute Gasteiger partial charge is 0.407 e. The van der Waals surface area contributed by atoms with Crippen LogP contribution in [0.4, 0.5) is 13.6 Å². The number of hydrogen-bond donors (Lipinski definition) is 3. The number of nitrogens with one attached hydrogen (secondary N) is 2. The van der Waals surface area contributed by atoms with Gasteiger partial charge in [-0.1, -0.05) is 48.5 Å². The molecule has 2 aliphatic rings. The van der Waals surface area contributed by atoms with Crippen LogP contribution >= 0.6 is 0 Å². The molecule has 1 saturated carbocycles. The zero-order valence-corrected chi connectivity index (χ0v) is 17.7. The molecule has 2 amide bonds. The number of alkyl carbamates (subject to hydrolysis) is 1. The van der Waals surface area contributed by atoms with Gasteiger partial charge >= 0.3 is 12.1 Å². The molecule has 2 aliphatic carbocycles. The molecule has 0 aliphatic heterocycles. The third-order valence-corrected chi connectivity index (χ3v) is 6.08. The lowest BCUT2D eigenvalue weighted by Gasteiger charge is -2.19. The number of carboxylic acid groups (broad SMARTS) is 1. The number of carbonyl (C=O) groups excluding carboxylic acids is 2. The number of ether oxygens (including phenoxy) is 1. The first-order chi connectivity index (χ1) is 15.8. The van der Waals surface area contributed by atoms with E-state index in [2.05, 4.69) is 10.6 Å². The molecule has 0 spiro atoms. The van der Waals surface area contributed by atoms with Gasteiger partial charge in [-0.3, -0.25) is 9.59 Å². The fraction of sp³-hybridized carbons (Fsp3) is 0.375. The van der Waals surface area contributed by atoms with Gasteiger partial charge in [0.1, 0.15) is 12.6 Å². The van der Waals surface area contributed by atoms with Crippen molar-refractivity contribution in [3.05, 3.63) is 59.7 Å². The molecule has 7 nitrogen and oxygen atoms in total. The summed E-state index contributed by atoms with van der Waals surface area (Å²) in [5.41, 5.74) is 4.18. The second-order valence-corrected chi connectivity index (χ2v) is 8.36. The number of carboxylic acids is 1. The van der Waals surface area contributed by atoms with E-state index in [1.165, 1.54) is 0 Å². The number of benzene rings is 2. The molecular weight excluding hydrogens is 434 g/mol. The molecule has 1 fully saturated rings. The second kappa shape index (κ2) is 9.17. The SMILES string of the molecule is O=C(O)CCC(NC(=O)OCC1c2ccccc2-c2ccccc21)C(=O)NCC1CC1(F)F. The number of hydrogen-bond acceptors (Lipinski definition) is 4. The number of aliphatic carboxylic acids is 1. The Bertz CT molecular complexity index is 1030. The predicted molar refractivity (Wildman–Crippen MR) is 115 cm³/mol. The second-order valence-electron chi connectivity index (χ2n) is 8.36. The lowest BCUT2D eigenvalue weighted by molar-refractivity contribution is -0.137. The Morgan fingerprint density at radius 3 is 2.18 bits per heavy atom. The van der Waals surface area contributed by atoms with E-state index in [-0.39, 0.29) is 38.3 Å². The predicted octanol–water partition coefficient (Wildman–Crippen LogP) is 3.53. The van der Waals surface area contributed by atoms with Crippen molar-refractivity contribution < 1.29 is 33.0 Å². The highest BCUT2D eigenvalue weighted by atomic mass is 19.3. The van der Waals surface area contributed by atoms with E-state index in [1.54, 1.807) is 0 Å². The topological polar surface area (TPSA) is 105 Å². The van der Waals surface area contributed by atoms with Gasteiger partial charge in [-0.15, -0.1) is 0 Å². The van der Waals surface area contributed by atoms with Crippen LogP contribution in [0.2, 0.25) is 0 Å². The fourth-order valence-electron chi connectivity index (χ4n) is 4.16. The van der Waals surface area contributed by atoms with Crippen LogP contribution in [0.1, 0.15) is 36.3 Å². The van der Waals surface area contributed by atoms with Crippen LogP contribution in [0.5, 0.6) is 0 Å². The van der Waals surface area contributed by atoms with E-state index in [0.29, 0.717) is 0 Å².